The summed E-state index contributed by atoms with van der Waals surface area (Å²) >= 11 is 6.46. The number of benzene rings is 3. The first-order valence-electron chi connectivity index (χ1n) is 11.8. The molecule has 0 bridgehead atoms. The third-order valence-corrected chi connectivity index (χ3v) is 6.26. The number of carboxylic acid groups (broad SMARTS) is 1. The Hall–Kier alpha value is -4.57. The molecule has 4 N–H and O–H groups in total. The summed E-state index contributed by atoms with van der Waals surface area (Å²) in [5, 5.41) is 18.1. The highest BCUT2D eigenvalue weighted by atomic mass is 35.5. The number of hydrogen-bond acceptors (Lipinski definition) is 5. The van der Waals surface area contributed by atoms with Gasteiger partial charge in [0.1, 0.15) is 23.5 Å². The minimum absolute atomic E-state index is 0.141. The average Bonchev–Trinajstić information content (AvgIpc) is 2.86. The van der Waals surface area contributed by atoms with Crippen LogP contribution in [0.3, 0.4) is 0 Å². The van der Waals surface area contributed by atoms with Crippen LogP contribution >= 0.6 is 11.6 Å². The van der Waals surface area contributed by atoms with Crippen molar-refractivity contribution in [2.75, 3.05) is 10.6 Å². The molecule has 1 amide bonds. The number of allylic oxidation sites excluding steroid dienone is 1. The normalized spacial score (nSPS) is 15.4. The molecule has 1 heterocycles. The number of aromatic carboxylic acids is 1. The predicted octanol–water partition coefficient (Wildman–Crippen LogP) is 6.07. The molecule has 0 saturated carbocycles. The minimum atomic E-state index is -1.26. The van der Waals surface area contributed by atoms with E-state index in [0.29, 0.717) is 33.4 Å². The number of amides is 1. The van der Waals surface area contributed by atoms with Crippen molar-refractivity contribution in [3.05, 3.63) is 105 Å². The average molecular weight is 552 g/mol. The first kappa shape index (κ1) is 27.5. The highest BCUT2D eigenvalue weighted by molar-refractivity contribution is 6.31. The maximum atomic E-state index is 14.4. The lowest BCUT2D eigenvalue weighted by molar-refractivity contribution is -0.113. The van der Waals surface area contributed by atoms with Crippen molar-refractivity contribution in [2.45, 2.75) is 26.8 Å². The van der Waals surface area contributed by atoms with Crippen LogP contribution in [0.5, 0.6) is 0 Å². The molecule has 200 valence electrons. The summed E-state index contributed by atoms with van der Waals surface area (Å²) < 4.78 is 27.9. The number of halogens is 3. The second kappa shape index (κ2) is 11.4. The van der Waals surface area contributed by atoms with E-state index in [0.717, 1.165) is 18.2 Å². The zero-order valence-electron chi connectivity index (χ0n) is 21.1. The highest BCUT2D eigenvalue weighted by Crippen LogP contribution is 2.35. The molecule has 4 rings (SSSR count). The van der Waals surface area contributed by atoms with E-state index in [-0.39, 0.29) is 28.6 Å². The number of carbonyl (C=O) groups is 2. The molecule has 0 aliphatic carbocycles. The number of aryl methyl sites for hydroxylation is 1. The van der Waals surface area contributed by atoms with Crippen LogP contribution in [-0.2, 0) is 4.79 Å². The summed E-state index contributed by atoms with van der Waals surface area (Å²) in [6.45, 7) is 5.10. The molecule has 11 heteroatoms. The maximum absolute atomic E-state index is 14.4. The van der Waals surface area contributed by atoms with Gasteiger partial charge in [-0.2, -0.15) is 0 Å². The molecule has 1 unspecified atom stereocenters. The van der Waals surface area contributed by atoms with Gasteiger partial charge in [-0.25, -0.2) is 23.6 Å². The number of rotatable bonds is 5. The molecule has 0 fully saturated rings. The van der Waals surface area contributed by atoms with Gasteiger partial charge in [0, 0.05) is 22.0 Å². The first-order valence-corrected chi connectivity index (χ1v) is 12.1. The summed E-state index contributed by atoms with van der Waals surface area (Å²) in [5.74, 6) is -2.48. The van der Waals surface area contributed by atoms with E-state index < -0.39 is 23.7 Å². The SMILES string of the molecule is CC1=C(C(=O)Nc2cc(C(=O)O)ccc2F)C(c2ccccc2Cl)N=C(/N=C(/C)Nc2ccc(F)cc2C)N1. The number of nitrogens with one attached hydrogen (secondary N) is 3. The molecule has 3 aromatic rings. The van der Waals surface area contributed by atoms with Crippen LogP contribution in [0.25, 0.3) is 0 Å². The lowest BCUT2D eigenvalue weighted by Crippen LogP contribution is -2.33. The Kier molecular flexibility index (Phi) is 8.06. The molecular formula is C28H24ClF2N5O3. The van der Waals surface area contributed by atoms with Crippen molar-refractivity contribution in [3.63, 3.8) is 0 Å². The van der Waals surface area contributed by atoms with E-state index in [1.807, 2.05) is 0 Å². The summed E-state index contributed by atoms with van der Waals surface area (Å²) in [6, 6.07) is 13.4. The number of carboxylic acids is 1. The van der Waals surface area contributed by atoms with Gasteiger partial charge in [-0.1, -0.05) is 29.8 Å². The van der Waals surface area contributed by atoms with Gasteiger partial charge >= 0.3 is 5.97 Å². The Morgan fingerprint density at radius 3 is 2.46 bits per heavy atom. The smallest absolute Gasteiger partial charge is 0.335 e. The van der Waals surface area contributed by atoms with E-state index in [1.165, 1.54) is 12.1 Å². The number of anilines is 2. The van der Waals surface area contributed by atoms with E-state index in [1.54, 1.807) is 51.1 Å². The molecule has 8 nitrogen and oxygen atoms in total. The van der Waals surface area contributed by atoms with Gasteiger partial charge in [0.25, 0.3) is 5.91 Å². The van der Waals surface area contributed by atoms with Crippen LogP contribution in [0.4, 0.5) is 20.2 Å². The number of carbonyl (C=O) groups excluding carboxylic acids is 1. The van der Waals surface area contributed by atoms with Crippen molar-refractivity contribution < 1.29 is 23.5 Å². The van der Waals surface area contributed by atoms with E-state index in [9.17, 15) is 23.5 Å². The zero-order valence-corrected chi connectivity index (χ0v) is 21.9. The number of guanidine groups is 1. The van der Waals surface area contributed by atoms with Crippen LogP contribution in [0.1, 0.15) is 41.4 Å². The Morgan fingerprint density at radius 2 is 1.77 bits per heavy atom. The van der Waals surface area contributed by atoms with Crippen LogP contribution in [-0.4, -0.2) is 28.8 Å². The summed E-state index contributed by atoms with van der Waals surface area (Å²) in [6.07, 6.45) is 0. The lowest BCUT2D eigenvalue weighted by Gasteiger charge is -2.26. The van der Waals surface area contributed by atoms with Gasteiger partial charge in [0.2, 0.25) is 5.96 Å². The molecule has 0 aromatic heterocycles. The largest absolute Gasteiger partial charge is 0.478 e. The predicted molar refractivity (Wildman–Crippen MR) is 147 cm³/mol. The molecule has 0 radical (unpaired) electrons. The Bertz CT molecular complexity index is 1570. The monoisotopic (exact) mass is 551 g/mol. The van der Waals surface area contributed by atoms with E-state index in [2.05, 4.69) is 25.9 Å². The fourth-order valence-electron chi connectivity index (χ4n) is 4.03. The summed E-state index contributed by atoms with van der Waals surface area (Å²) in [7, 11) is 0. The molecule has 0 spiro atoms. The topological polar surface area (TPSA) is 115 Å². The Balaban J connectivity index is 1.69. The van der Waals surface area contributed by atoms with Gasteiger partial charge in [0.05, 0.1) is 16.8 Å². The van der Waals surface area contributed by atoms with Crippen LogP contribution in [0.15, 0.2) is 81.9 Å². The number of hydrogen-bond donors (Lipinski definition) is 4. The van der Waals surface area contributed by atoms with Gasteiger partial charge in [-0.05, 0) is 68.8 Å². The van der Waals surface area contributed by atoms with Crippen molar-refractivity contribution in [3.8, 4) is 0 Å². The second-order valence-electron chi connectivity index (χ2n) is 8.78. The fourth-order valence-corrected chi connectivity index (χ4v) is 4.26. The van der Waals surface area contributed by atoms with E-state index >= 15 is 0 Å². The molecular weight excluding hydrogens is 528 g/mol. The van der Waals surface area contributed by atoms with Gasteiger partial charge in [-0.15, -0.1) is 0 Å². The van der Waals surface area contributed by atoms with Crippen molar-refractivity contribution >= 4 is 46.6 Å². The first-order chi connectivity index (χ1) is 18.5. The van der Waals surface area contributed by atoms with Gasteiger partial charge in [-0.3, -0.25) is 4.79 Å². The molecule has 39 heavy (non-hydrogen) atoms. The number of nitrogens with zero attached hydrogens (tertiary/aromatic N) is 2. The Morgan fingerprint density at radius 1 is 1.03 bits per heavy atom. The minimum Gasteiger partial charge on any atom is -0.478 e. The molecule has 1 atom stereocenters. The zero-order chi connectivity index (χ0) is 28.3. The molecule has 0 saturated heterocycles. The van der Waals surface area contributed by atoms with Gasteiger partial charge < -0.3 is 21.1 Å². The van der Waals surface area contributed by atoms with E-state index in [4.69, 9.17) is 11.6 Å². The van der Waals surface area contributed by atoms with Crippen LogP contribution in [0.2, 0.25) is 5.02 Å². The molecule has 1 aliphatic rings. The quantitative estimate of drug-likeness (QED) is 0.227. The fraction of sp³-hybridized carbons (Fsp3) is 0.143. The van der Waals surface area contributed by atoms with Gasteiger partial charge in [0.15, 0.2) is 0 Å². The third-order valence-electron chi connectivity index (χ3n) is 5.91. The third kappa shape index (κ3) is 6.29. The molecule has 1 aliphatic heterocycles. The summed E-state index contributed by atoms with van der Waals surface area (Å²) in [4.78, 5) is 33.9. The highest BCUT2D eigenvalue weighted by Gasteiger charge is 2.31. The van der Waals surface area contributed by atoms with Crippen LogP contribution in [0, 0.1) is 18.6 Å². The second-order valence-corrected chi connectivity index (χ2v) is 9.18. The molecule has 3 aromatic carbocycles. The maximum Gasteiger partial charge on any atom is 0.335 e. The Labute approximate surface area is 228 Å². The number of amidine groups is 1. The standard InChI is InChI=1S/C28H24ClF2N5O3/c1-14-12-18(30)9-11-22(14)33-16(3)34-28-32-15(2)24(25(36-28)19-6-4-5-7-20(19)29)26(37)35-23-13-17(27(38)39)8-10-21(23)31/h4-13,25H,1-3H3,(H,35,37)(H,38,39)(H2,32,33,34,36). The van der Waals surface area contributed by atoms with Crippen LogP contribution < -0.4 is 16.0 Å². The van der Waals surface area contributed by atoms with Crippen molar-refractivity contribution in [1.82, 2.24) is 5.32 Å². The van der Waals surface area contributed by atoms with Crippen molar-refractivity contribution in [2.24, 2.45) is 9.98 Å². The van der Waals surface area contributed by atoms with Crippen molar-refractivity contribution in [1.29, 1.82) is 0 Å². The number of aliphatic imine (C=N–C) groups is 2. The lowest BCUT2D eigenvalue weighted by atomic mass is 9.95. The summed E-state index contributed by atoms with van der Waals surface area (Å²) in [5.41, 5.74) is 1.91.